The van der Waals surface area contributed by atoms with Gasteiger partial charge in [0.15, 0.2) is 0 Å². The molecule has 0 saturated carbocycles. The number of nitrogens with one attached hydrogen (secondary N) is 1. The number of hydrogen-bond acceptors (Lipinski definition) is 2. The molecule has 3 nitrogen and oxygen atoms in total. The molecule has 23 heavy (non-hydrogen) atoms. The number of anilines is 1. The number of nitrogens with zero attached hydrogens (tertiary/aromatic N) is 1. The van der Waals surface area contributed by atoms with Crippen LogP contribution in [0, 0.1) is 6.92 Å². The Labute approximate surface area is 147 Å². The summed E-state index contributed by atoms with van der Waals surface area (Å²) in [6.45, 7) is 4.65. The first-order valence-corrected chi connectivity index (χ1v) is 8.14. The molecule has 1 amide bonds. The van der Waals surface area contributed by atoms with Crippen molar-refractivity contribution in [3.63, 3.8) is 0 Å². The Kier molecular flexibility index (Phi) is 6.05. The zero-order valence-electron chi connectivity index (χ0n) is 13.4. The summed E-state index contributed by atoms with van der Waals surface area (Å²) in [5, 5.41) is 3.82. The summed E-state index contributed by atoms with van der Waals surface area (Å²) >= 11 is 12.0. The molecule has 0 saturated heterocycles. The molecule has 5 heteroatoms. The molecular formula is C18H20Cl2N2O. The molecule has 0 unspecified atom stereocenters. The quantitative estimate of drug-likeness (QED) is 0.842. The van der Waals surface area contributed by atoms with Gasteiger partial charge in [0.1, 0.15) is 0 Å². The van der Waals surface area contributed by atoms with E-state index < -0.39 is 0 Å². The Bertz CT molecular complexity index is 703. The predicted molar refractivity (Wildman–Crippen MR) is 97.2 cm³/mol. The van der Waals surface area contributed by atoms with Crippen LogP contribution in [0.5, 0.6) is 0 Å². The molecule has 0 aliphatic rings. The van der Waals surface area contributed by atoms with Crippen LogP contribution in [0.2, 0.25) is 10.0 Å². The van der Waals surface area contributed by atoms with Gasteiger partial charge in [-0.15, -0.1) is 0 Å². The van der Waals surface area contributed by atoms with Gasteiger partial charge in [0.05, 0.1) is 16.8 Å². The van der Waals surface area contributed by atoms with E-state index in [0.717, 1.165) is 0 Å². The van der Waals surface area contributed by atoms with Crippen LogP contribution in [0.3, 0.4) is 0 Å². The summed E-state index contributed by atoms with van der Waals surface area (Å²) in [5.74, 6) is -0.106. The van der Waals surface area contributed by atoms with Gasteiger partial charge in [0.25, 0.3) is 0 Å². The molecule has 2 aromatic carbocycles. The fourth-order valence-corrected chi connectivity index (χ4v) is 2.68. The largest absolute Gasteiger partial charge is 0.323 e. The molecule has 0 bridgehead atoms. The maximum absolute atomic E-state index is 12.4. The summed E-state index contributed by atoms with van der Waals surface area (Å²) in [5.41, 5.74) is 2.99. The first kappa shape index (κ1) is 17.8. The molecule has 2 aromatic rings. The number of rotatable bonds is 5. The van der Waals surface area contributed by atoms with Crippen molar-refractivity contribution in [1.29, 1.82) is 0 Å². The van der Waals surface area contributed by atoms with Crippen molar-refractivity contribution in [3.8, 4) is 0 Å². The maximum Gasteiger partial charge on any atom is 0.241 e. The van der Waals surface area contributed by atoms with E-state index in [2.05, 4.69) is 24.4 Å². The van der Waals surface area contributed by atoms with E-state index in [1.807, 2.05) is 31.0 Å². The van der Waals surface area contributed by atoms with Gasteiger partial charge in [0, 0.05) is 11.6 Å². The minimum atomic E-state index is -0.290. The van der Waals surface area contributed by atoms with Crippen molar-refractivity contribution in [2.24, 2.45) is 0 Å². The molecule has 122 valence electrons. The second-order valence-corrected chi connectivity index (χ2v) is 6.47. The van der Waals surface area contributed by atoms with Crippen molar-refractivity contribution in [3.05, 3.63) is 63.6 Å². The number of benzene rings is 2. The molecular weight excluding hydrogens is 331 g/mol. The zero-order valence-corrected chi connectivity index (χ0v) is 14.9. The number of likely N-dealkylation sites (N-methyl/N-ethyl adjacent to an activating group) is 1. The van der Waals surface area contributed by atoms with Gasteiger partial charge in [-0.05, 0) is 50.2 Å². The van der Waals surface area contributed by atoms with E-state index in [0.29, 0.717) is 22.3 Å². The van der Waals surface area contributed by atoms with Crippen LogP contribution in [0.1, 0.15) is 18.1 Å². The third-order valence-electron chi connectivity index (χ3n) is 3.91. The molecule has 0 spiro atoms. The Balaban J connectivity index is 2.02. The Morgan fingerprint density at radius 2 is 1.91 bits per heavy atom. The Morgan fingerprint density at radius 1 is 1.22 bits per heavy atom. The summed E-state index contributed by atoms with van der Waals surface area (Å²) in [6, 6.07) is 12.9. The predicted octanol–water partition coefficient (Wildman–Crippen LogP) is 4.76. The molecule has 0 fully saturated rings. The van der Waals surface area contributed by atoms with Gasteiger partial charge in [-0.1, -0.05) is 47.5 Å². The van der Waals surface area contributed by atoms with E-state index >= 15 is 0 Å². The molecule has 0 radical (unpaired) electrons. The van der Waals surface area contributed by atoms with E-state index in [1.165, 1.54) is 11.1 Å². The van der Waals surface area contributed by atoms with Crippen LogP contribution in [0.15, 0.2) is 42.5 Å². The summed E-state index contributed by atoms with van der Waals surface area (Å²) < 4.78 is 0. The molecule has 1 atom stereocenters. The third kappa shape index (κ3) is 4.71. The summed E-state index contributed by atoms with van der Waals surface area (Å²) in [6.07, 6.45) is 0. The fourth-order valence-electron chi connectivity index (χ4n) is 2.22. The van der Waals surface area contributed by atoms with Crippen LogP contribution in [0.25, 0.3) is 0 Å². The number of halogens is 2. The smallest absolute Gasteiger partial charge is 0.241 e. The van der Waals surface area contributed by atoms with Gasteiger partial charge in [0.2, 0.25) is 5.91 Å². The summed E-state index contributed by atoms with van der Waals surface area (Å²) in [7, 11) is 1.93. The first-order valence-electron chi connectivity index (χ1n) is 7.39. The lowest BCUT2D eigenvalue weighted by molar-refractivity contribution is -0.120. The normalized spacial score (nSPS) is 12.3. The van der Waals surface area contributed by atoms with E-state index in [4.69, 9.17) is 23.2 Å². The highest BCUT2D eigenvalue weighted by Crippen LogP contribution is 2.25. The highest BCUT2D eigenvalue weighted by molar-refractivity contribution is 6.36. The van der Waals surface area contributed by atoms with E-state index in [-0.39, 0.29) is 11.9 Å². The highest BCUT2D eigenvalue weighted by Gasteiger charge is 2.19. The second kappa shape index (κ2) is 7.82. The number of carbonyl (C=O) groups excluding carboxylic acids is 1. The van der Waals surface area contributed by atoms with Crippen molar-refractivity contribution in [2.45, 2.75) is 26.4 Å². The topological polar surface area (TPSA) is 32.3 Å². The molecule has 0 aromatic heterocycles. The van der Waals surface area contributed by atoms with Crippen molar-refractivity contribution in [2.75, 3.05) is 12.4 Å². The standard InChI is InChI=1S/C18H20Cl2N2O/c1-12-6-4-5-7-14(12)11-22(3)13(2)18(23)21-17-9-8-15(19)10-16(17)20/h4-10,13H,11H2,1-3H3,(H,21,23)/t13-/m1/s1. The van der Waals surface area contributed by atoms with Crippen LogP contribution in [-0.4, -0.2) is 23.9 Å². The number of amides is 1. The first-order chi connectivity index (χ1) is 10.9. The highest BCUT2D eigenvalue weighted by atomic mass is 35.5. The van der Waals surface area contributed by atoms with E-state index in [1.54, 1.807) is 18.2 Å². The monoisotopic (exact) mass is 350 g/mol. The number of hydrogen-bond donors (Lipinski definition) is 1. The Hall–Kier alpha value is -1.55. The zero-order chi connectivity index (χ0) is 17.0. The molecule has 1 N–H and O–H groups in total. The maximum atomic E-state index is 12.4. The lowest BCUT2D eigenvalue weighted by Crippen LogP contribution is -2.39. The third-order valence-corrected chi connectivity index (χ3v) is 4.46. The van der Waals surface area contributed by atoms with Gasteiger partial charge in [-0.2, -0.15) is 0 Å². The lowest BCUT2D eigenvalue weighted by Gasteiger charge is -2.24. The molecule has 0 aliphatic carbocycles. The molecule has 0 aliphatic heterocycles. The van der Waals surface area contributed by atoms with E-state index in [9.17, 15) is 4.79 Å². The number of carbonyl (C=O) groups is 1. The lowest BCUT2D eigenvalue weighted by atomic mass is 10.1. The number of aryl methyl sites for hydroxylation is 1. The van der Waals surface area contributed by atoms with Gasteiger partial charge in [-0.3, -0.25) is 9.69 Å². The summed E-state index contributed by atoms with van der Waals surface area (Å²) in [4.78, 5) is 14.4. The molecule has 2 rings (SSSR count). The van der Waals surface area contributed by atoms with Crippen LogP contribution in [-0.2, 0) is 11.3 Å². The van der Waals surface area contributed by atoms with Gasteiger partial charge in [-0.25, -0.2) is 0 Å². The average Bonchev–Trinajstić information content (AvgIpc) is 2.51. The van der Waals surface area contributed by atoms with Crippen molar-refractivity contribution in [1.82, 2.24) is 4.90 Å². The Morgan fingerprint density at radius 3 is 2.57 bits per heavy atom. The minimum absolute atomic E-state index is 0.106. The van der Waals surface area contributed by atoms with Gasteiger partial charge < -0.3 is 5.32 Å². The minimum Gasteiger partial charge on any atom is -0.323 e. The van der Waals surface area contributed by atoms with Crippen LogP contribution < -0.4 is 5.32 Å². The average molecular weight is 351 g/mol. The van der Waals surface area contributed by atoms with Gasteiger partial charge >= 0.3 is 0 Å². The van der Waals surface area contributed by atoms with Crippen molar-refractivity contribution >= 4 is 34.8 Å². The van der Waals surface area contributed by atoms with Crippen molar-refractivity contribution < 1.29 is 4.79 Å². The van der Waals surface area contributed by atoms with Crippen LogP contribution >= 0.6 is 23.2 Å². The molecule has 0 heterocycles. The SMILES string of the molecule is Cc1ccccc1CN(C)[C@H](C)C(=O)Nc1ccc(Cl)cc1Cl. The van der Waals surface area contributed by atoms with Crippen LogP contribution in [0.4, 0.5) is 5.69 Å². The fraction of sp³-hybridized carbons (Fsp3) is 0.278. The second-order valence-electron chi connectivity index (χ2n) is 5.63.